The fraction of sp³-hybridized carbons (Fsp3) is 0.636. The van der Waals surface area contributed by atoms with E-state index in [-0.39, 0.29) is 11.9 Å². The lowest BCUT2D eigenvalue weighted by atomic mass is 10.00. The molecule has 7 heteroatoms. The molecule has 2 heterocycles. The van der Waals surface area contributed by atoms with E-state index in [9.17, 15) is 15.0 Å². The van der Waals surface area contributed by atoms with Gasteiger partial charge in [-0.25, -0.2) is 4.98 Å². The Morgan fingerprint density at radius 3 is 3.11 bits per heavy atom. The molecular formula is C11H14N2O5. The highest BCUT2D eigenvalue weighted by molar-refractivity contribution is 5.90. The fourth-order valence-corrected chi connectivity index (χ4v) is 2.41. The molecule has 2 unspecified atom stereocenters. The molecule has 1 aromatic heterocycles. The summed E-state index contributed by atoms with van der Waals surface area (Å²) in [5, 5.41) is 22.2. The van der Waals surface area contributed by atoms with Gasteiger partial charge in [0.05, 0.1) is 24.9 Å². The maximum atomic E-state index is 11.7. The van der Waals surface area contributed by atoms with Crippen molar-refractivity contribution in [2.45, 2.75) is 36.7 Å². The summed E-state index contributed by atoms with van der Waals surface area (Å²) >= 11 is 0. The van der Waals surface area contributed by atoms with Gasteiger partial charge in [-0.2, -0.15) is 0 Å². The van der Waals surface area contributed by atoms with Crippen molar-refractivity contribution in [3.63, 3.8) is 0 Å². The second kappa shape index (κ2) is 4.04. The maximum Gasteiger partial charge on any atom is 0.307 e. The topological polar surface area (TPSA) is 105 Å². The molecule has 1 aromatic rings. The minimum Gasteiger partial charge on any atom is -0.441 e. The molecule has 1 saturated carbocycles. The van der Waals surface area contributed by atoms with Gasteiger partial charge in [-0.05, 0) is 6.42 Å². The summed E-state index contributed by atoms with van der Waals surface area (Å²) < 4.78 is 10.4. The molecular weight excluding hydrogens is 240 g/mol. The van der Waals surface area contributed by atoms with Gasteiger partial charge in [0.2, 0.25) is 0 Å². The summed E-state index contributed by atoms with van der Waals surface area (Å²) in [5.41, 5.74) is -0.847. The SMILES string of the molecule is O=C(NC1CC12OCC[C@@H](O)[C@H]2O)c1ncco1. The van der Waals surface area contributed by atoms with Crippen molar-refractivity contribution in [2.24, 2.45) is 0 Å². The number of ether oxygens (including phenoxy) is 1. The molecule has 2 fully saturated rings. The van der Waals surface area contributed by atoms with Crippen molar-refractivity contribution >= 4 is 5.91 Å². The maximum absolute atomic E-state index is 11.7. The van der Waals surface area contributed by atoms with E-state index in [0.29, 0.717) is 19.4 Å². The van der Waals surface area contributed by atoms with Crippen LogP contribution in [0.25, 0.3) is 0 Å². The Hall–Kier alpha value is -1.44. The second-order valence-corrected chi connectivity index (χ2v) is 4.67. The highest BCUT2D eigenvalue weighted by Gasteiger charge is 2.64. The number of hydrogen-bond acceptors (Lipinski definition) is 6. The summed E-state index contributed by atoms with van der Waals surface area (Å²) in [6, 6.07) is -0.318. The summed E-state index contributed by atoms with van der Waals surface area (Å²) in [4.78, 5) is 15.4. The quantitative estimate of drug-likeness (QED) is 0.629. The van der Waals surface area contributed by atoms with Crippen LogP contribution >= 0.6 is 0 Å². The van der Waals surface area contributed by atoms with Gasteiger partial charge in [0.1, 0.15) is 18.0 Å². The molecule has 1 saturated heterocycles. The van der Waals surface area contributed by atoms with Crippen molar-refractivity contribution in [3.05, 3.63) is 18.4 Å². The van der Waals surface area contributed by atoms with Gasteiger partial charge in [-0.3, -0.25) is 4.79 Å². The smallest absolute Gasteiger partial charge is 0.307 e. The number of amides is 1. The lowest BCUT2D eigenvalue weighted by Gasteiger charge is -2.33. The summed E-state index contributed by atoms with van der Waals surface area (Å²) in [6.45, 7) is 0.379. The largest absolute Gasteiger partial charge is 0.441 e. The summed E-state index contributed by atoms with van der Waals surface area (Å²) in [5.74, 6) is -0.472. The number of carbonyl (C=O) groups is 1. The Morgan fingerprint density at radius 1 is 1.56 bits per heavy atom. The van der Waals surface area contributed by atoms with Gasteiger partial charge in [0.25, 0.3) is 5.89 Å². The molecule has 1 spiro atoms. The van der Waals surface area contributed by atoms with E-state index >= 15 is 0 Å². The van der Waals surface area contributed by atoms with Crippen molar-refractivity contribution in [2.75, 3.05) is 6.61 Å². The number of oxazole rings is 1. The molecule has 3 rings (SSSR count). The van der Waals surface area contributed by atoms with Crippen molar-refractivity contribution in [1.82, 2.24) is 10.3 Å². The zero-order chi connectivity index (χ0) is 12.8. The molecule has 0 aromatic carbocycles. The number of nitrogens with zero attached hydrogens (tertiary/aromatic N) is 1. The predicted molar refractivity (Wildman–Crippen MR) is 57.7 cm³/mol. The molecule has 2 aliphatic rings. The van der Waals surface area contributed by atoms with Crippen LogP contribution in [0.4, 0.5) is 0 Å². The molecule has 4 atom stereocenters. The highest BCUT2D eigenvalue weighted by atomic mass is 16.5. The number of aliphatic hydroxyl groups is 2. The second-order valence-electron chi connectivity index (χ2n) is 4.67. The van der Waals surface area contributed by atoms with E-state index in [1.54, 1.807) is 0 Å². The third kappa shape index (κ3) is 1.71. The van der Waals surface area contributed by atoms with E-state index in [2.05, 4.69) is 10.3 Å². The lowest BCUT2D eigenvalue weighted by molar-refractivity contribution is -0.152. The van der Waals surface area contributed by atoms with E-state index in [1.165, 1.54) is 12.5 Å². The van der Waals surface area contributed by atoms with Gasteiger partial charge in [0.15, 0.2) is 0 Å². The van der Waals surface area contributed by atoms with Gasteiger partial charge < -0.3 is 24.7 Å². The molecule has 1 aliphatic carbocycles. The summed E-state index contributed by atoms with van der Waals surface area (Å²) in [7, 11) is 0. The first kappa shape index (κ1) is 11.6. The standard InChI is InChI=1S/C11H14N2O5/c14-6-1-3-18-11(8(6)15)5-7(11)13-9(16)10-12-2-4-17-10/h2,4,6-8,14-15H,1,3,5H2,(H,13,16)/t6-,7?,8-,11?/m1/s1. The third-order valence-electron chi connectivity index (χ3n) is 3.53. The van der Waals surface area contributed by atoms with Crippen LogP contribution in [0, 0.1) is 0 Å². The van der Waals surface area contributed by atoms with Crippen LogP contribution in [0.1, 0.15) is 23.5 Å². The zero-order valence-corrected chi connectivity index (χ0v) is 9.57. The van der Waals surface area contributed by atoms with Gasteiger partial charge in [0, 0.05) is 6.42 Å². The van der Waals surface area contributed by atoms with Crippen LogP contribution in [0.5, 0.6) is 0 Å². The molecule has 0 bridgehead atoms. The third-order valence-corrected chi connectivity index (χ3v) is 3.53. The van der Waals surface area contributed by atoms with Crippen molar-refractivity contribution in [3.8, 4) is 0 Å². The minimum absolute atomic E-state index is 0.0251. The van der Waals surface area contributed by atoms with E-state index in [4.69, 9.17) is 9.15 Å². The first-order chi connectivity index (χ1) is 8.63. The van der Waals surface area contributed by atoms with Crippen LogP contribution < -0.4 is 5.32 Å². The molecule has 1 aliphatic heterocycles. The van der Waals surface area contributed by atoms with Crippen LogP contribution in [-0.4, -0.2) is 51.6 Å². The Morgan fingerprint density at radius 2 is 2.39 bits per heavy atom. The van der Waals surface area contributed by atoms with Crippen molar-refractivity contribution < 1.29 is 24.2 Å². The molecule has 18 heavy (non-hydrogen) atoms. The number of carbonyl (C=O) groups excluding carboxylic acids is 1. The fourth-order valence-electron chi connectivity index (χ4n) is 2.41. The first-order valence-corrected chi connectivity index (χ1v) is 5.84. The molecule has 0 radical (unpaired) electrons. The molecule has 3 N–H and O–H groups in total. The number of hydrogen-bond donors (Lipinski definition) is 3. The number of aliphatic hydroxyl groups excluding tert-OH is 2. The zero-order valence-electron chi connectivity index (χ0n) is 9.57. The van der Waals surface area contributed by atoms with Crippen LogP contribution in [-0.2, 0) is 4.74 Å². The van der Waals surface area contributed by atoms with Crippen LogP contribution in [0.3, 0.4) is 0 Å². The number of rotatable bonds is 2. The normalized spacial score (nSPS) is 38.7. The molecule has 7 nitrogen and oxygen atoms in total. The average molecular weight is 254 g/mol. The number of nitrogens with one attached hydrogen (secondary N) is 1. The van der Waals surface area contributed by atoms with Crippen LogP contribution in [0.2, 0.25) is 0 Å². The average Bonchev–Trinajstić information content (AvgIpc) is 2.81. The van der Waals surface area contributed by atoms with Crippen LogP contribution in [0.15, 0.2) is 16.9 Å². The lowest BCUT2D eigenvalue weighted by Crippen LogP contribution is -2.50. The van der Waals surface area contributed by atoms with E-state index in [0.717, 1.165) is 0 Å². The Labute approximate surface area is 103 Å². The first-order valence-electron chi connectivity index (χ1n) is 5.84. The van der Waals surface area contributed by atoms with E-state index in [1.807, 2.05) is 0 Å². The monoisotopic (exact) mass is 254 g/mol. The minimum atomic E-state index is -0.971. The highest BCUT2D eigenvalue weighted by Crippen LogP contribution is 2.46. The van der Waals surface area contributed by atoms with Gasteiger partial charge in [-0.15, -0.1) is 0 Å². The molecule has 98 valence electrons. The van der Waals surface area contributed by atoms with Gasteiger partial charge in [-0.1, -0.05) is 0 Å². The Bertz CT molecular complexity index is 448. The Kier molecular flexibility index (Phi) is 2.61. The Balaban J connectivity index is 1.65. The molecule has 1 amide bonds. The van der Waals surface area contributed by atoms with E-state index < -0.39 is 23.7 Å². The van der Waals surface area contributed by atoms with Gasteiger partial charge >= 0.3 is 5.91 Å². The number of aromatic nitrogens is 1. The predicted octanol–water partition coefficient (Wildman–Crippen LogP) is -0.942. The van der Waals surface area contributed by atoms with Crippen molar-refractivity contribution in [1.29, 1.82) is 0 Å². The summed E-state index contributed by atoms with van der Waals surface area (Å²) in [6.07, 6.45) is 1.81.